The van der Waals surface area contributed by atoms with Crippen LogP contribution in [-0.2, 0) is 0 Å². The molecule has 0 amide bonds. The first-order valence-corrected chi connectivity index (χ1v) is 9.91. The molecular weight excluding hydrogens is 418 g/mol. The summed E-state index contributed by atoms with van der Waals surface area (Å²) < 4.78 is 7.34. The maximum absolute atomic E-state index is 10.4. The van der Waals surface area contributed by atoms with Crippen molar-refractivity contribution >= 4 is 21.6 Å². The predicted molar refractivity (Wildman–Crippen MR) is 110 cm³/mol. The van der Waals surface area contributed by atoms with E-state index in [0.717, 1.165) is 38.2 Å². The number of phenolic OH excluding ortho intramolecular Hbond substituents is 1. The Balaban J connectivity index is 1.63. The lowest BCUT2D eigenvalue weighted by Crippen LogP contribution is -2.33. The molecule has 2 aliphatic heterocycles. The van der Waals surface area contributed by atoms with Crippen LogP contribution < -0.4 is 4.74 Å². The number of benzene rings is 2. The third kappa shape index (κ3) is 2.85. The number of hydrogen-bond donors (Lipinski definition) is 1. The van der Waals surface area contributed by atoms with Crippen molar-refractivity contribution in [2.24, 2.45) is 5.10 Å². The standard InChI is InChI=1S/C22H18BrN3O2/c1-13-2-4-20(27)16(10-13)18-12-19-17-11-15(23)3-5-21(17)28-22(26(19)25-18)14-6-8-24-9-7-14/h2-11,19,22,27H,12H2,1H3. The summed E-state index contributed by atoms with van der Waals surface area (Å²) in [5, 5.41) is 17.3. The third-order valence-electron chi connectivity index (χ3n) is 5.21. The highest BCUT2D eigenvalue weighted by Crippen LogP contribution is 2.48. The van der Waals surface area contributed by atoms with Crippen LogP contribution in [-0.4, -0.2) is 20.8 Å². The van der Waals surface area contributed by atoms with Gasteiger partial charge in [0.25, 0.3) is 0 Å². The zero-order valence-corrected chi connectivity index (χ0v) is 16.8. The summed E-state index contributed by atoms with van der Waals surface area (Å²) in [4.78, 5) is 4.12. The molecule has 2 aliphatic rings. The van der Waals surface area contributed by atoms with E-state index in [1.165, 1.54) is 0 Å². The number of halogens is 1. The number of hydrogen-bond acceptors (Lipinski definition) is 5. The second-order valence-corrected chi connectivity index (χ2v) is 8.02. The summed E-state index contributed by atoms with van der Waals surface area (Å²) in [7, 11) is 0. The fourth-order valence-electron chi connectivity index (χ4n) is 3.85. The summed E-state index contributed by atoms with van der Waals surface area (Å²) >= 11 is 3.57. The first-order valence-electron chi connectivity index (χ1n) is 9.12. The molecule has 1 aromatic heterocycles. The van der Waals surface area contributed by atoms with Crippen molar-refractivity contribution in [1.82, 2.24) is 9.99 Å². The van der Waals surface area contributed by atoms with Gasteiger partial charge in [-0.1, -0.05) is 27.6 Å². The Bertz CT molecular complexity index is 1080. The fraction of sp³-hybridized carbons (Fsp3) is 0.182. The second-order valence-electron chi connectivity index (χ2n) is 7.10. The van der Waals surface area contributed by atoms with Gasteiger partial charge in [-0.05, 0) is 49.4 Å². The molecule has 2 atom stereocenters. The van der Waals surface area contributed by atoms with E-state index < -0.39 is 0 Å². The van der Waals surface area contributed by atoms with E-state index in [0.29, 0.717) is 6.42 Å². The zero-order valence-electron chi connectivity index (χ0n) is 15.2. The number of nitrogens with zero attached hydrogens (tertiary/aromatic N) is 3. The monoisotopic (exact) mass is 435 g/mol. The number of pyridine rings is 1. The number of aromatic nitrogens is 1. The Labute approximate surface area is 171 Å². The number of fused-ring (bicyclic) bond motifs is 3. The number of ether oxygens (including phenoxy) is 1. The molecule has 5 rings (SSSR count). The smallest absolute Gasteiger partial charge is 0.213 e. The van der Waals surface area contributed by atoms with Gasteiger partial charge in [-0.15, -0.1) is 0 Å². The molecule has 0 bridgehead atoms. The van der Waals surface area contributed by atoms with Crippen LogP contribution in [0.3, 0.4) is 0 Å². The molecule has 2 unspecified atom stereocenters. The van der Waals surface area contributed by atoms with Gasteiger partial charge in [-0.25, -0.2) is 5.01 Å². The van der Waals surface area contributed by atoms with Crippen LogP contribution in [0.1, 0.15) is 40.9 Å². The van der Waals surface area contributed by atoms with Gasteiger partial charge < -0.3 is 9.84 Å². The number of hydrazone groups is 1. The first-order chi connectivity index (χ1) is 13.6. The molecule has 3 aromatic rings. The van der Waals surface area contributed by atoms with Crippen LogP contribution in [0.5, 0.6) is 11.5 Å². The number of rotatable bonds is 2. The Morgan fingerprint density at radius 2 is 1.93 bits per heavy atom. The predicted octanol–water partition coefficient (Wildman–Crippen LogP) is 5.10. The van der Waals surface area contributed by atoms with E-state index in [1.54, 1.807) is 18.5 Å². The topological polar surface area (TPSA) is 58.0 Å². The lowest BCUT2D eigenvalue weighted by atomic mass is 9.95. The molecule has 0 fully saturated rings. The van der Waals surface area contributed by atoms with Gasteiger partial charge in [0.05, 0.1) is 11.8 Å². The Morgan fingerprint density at radius 1 is 1.11 bits per heavy atom. The Hall–Kier alpha value is -2.86. The summed E-state index contributed by atoms with van der Waals surface area (Å²) in [6.45, 7) is 2.01. The van der Waals surface area contributed by atoms with Gasteiger partial charge in [0.2, 0.25) is 6.23 Å². The zero-order chi connectivity index (χ0) is 19.3. The van der Waals surface area contributed by atoms with Crippen LogP contribution in [0.25, 0.3) is 0 Å². The van der Waals surface area contributed by atoms with E-state index in [1.807, 2.05) is 48.3 Å². The largest absolute Gasteiger partial charge is 0.507 e. The minimum Gasteiger partial charge on any atom is -0.507 e. The van der Waals surface area contributed by atoms with E-state index in [2.05, 4.69) is 27.0 Å². The molecule has 0 saturated heterocycles. The average Bonchev–Trinajstić information content (AvgIpc) is 3.15. The summed E-state index contributed by atoms with van der Waals surface area (Å²) in [6.07, 6.45) is 3.88. The van der Waals surface area contributed by atoms with Crippen LogP contribution in [0.2, 0.25) is 0 Å². The molecule has 6 heteroatoms. The molecule has 3 heterocycles. The molecule has 0 saturated carbocycles. The molecule has 140 valence electrons. The fourth-order valence-corrected chi connectivity index (χ4v) is 4.23. The first kappa shape index (κ1) is 17.3. The summed E-state index contributed by atoms with van der Waals surface area (Å²) in [6, 6.07) is 15.6. The number of aromatic hydroxyl groups is 1. The lowest BCUT2D eigenvalue weighted by Gasteiger charge is -2.38. The van der Waals surface area contributed by atoms with E-state index >= 15 is 0 Å². The number of phenols is 1. The highest BCUT2D eigenvalue weighted by molar-refractivity contribution is 9.10. The maximum atomic E-state index is 10.4. The summed E-state index contributed by atoms with van der Waals surface area (Å²) in [5.74, 6) is 1.11. The van der Waals surface area contributed by atoms with E-state index in [-0.39, 0.29) is 18.0 Å². The van der Waals surface area contributed by atoms with Gasteiger partial charge in [0.1, 0.15) is 11.5 Å². The minimum atomic E-state index is -0.342. The molecule has 2 aromatic carbocycles. The molecule has 1 N–H and O–H groups in total. The van der Waals surface area contributed by atoms with Gasteiger partial charge in [0, 0.05) is 40.0 Å². The Morgan fingerprint density at radius 3 is 2.75 bits per heavy atom. The van der Waals surface area contributed by atoms with Crippen molar-refractivity contribution in [2.45, 2.75) is 25.6 Å². The Kier molecular flexibility index (Phi) is 4.09. The number of aryl methyl sites for hydroxylation is 1. The van der Waals surface area contributed by atoms with Gasteiger partial charge in [-0.2, -0.15) is 5.10 Å². The van der Waals surface area contributed by atoms with Crippen LogP contribution in [0.15, 0.2) is 70.5 Å². The molecular formula is C22H18BrN3O2. The van der Waals surface area contributed by atoms with Gasteiger partial charge in [0.15, 0.2) is 0 Å². The maximum Gasteiger partial charge on any atom is 0.213 e. The normalized spacial score (nSPS) is 20.2. The van der Waals surface area contributed by atoms with Crippen LogP contribution in [0.4, 0.5) is 0 Å². The molecule has 0 spiro atoms. The van der Waals surface area contributed by atoms with Crippen LogP contribution >= 0.6 is 15.9 Å². The summed E-state index contributed by atoms with van der Waals surface area (Å²) in [5.41, 5.74) is 4.81. The van der Waals surface area contributed by atoms with E-state index in [4.69, 9.17) is 9.84 Å². The van der Waals surface area contributed by atoms with Crippen molar-refractivity contribution in [3.8, 4) is 11.5 Å². The van der Waals surface area contributed by atoms with Gasteiger partial charge >= 0.3 is 0 Å². The van der Waals surface area contributed by atoms with E-state index in [9.17, 15) is 5.11 Å². The minimum absolute atomic E-state index is 0.0364. The molecule has 0 radical (unpaired) electrons. The average molecular weight is 436 g/mol. The second kappa shape index (κ2) is 6.63. The highest BCUT2D eigenvalue weighted by atomic mass is 79.9. The third-order valence-corrected chi connectivity index (χ3v) is 5.70. The van der Waals surface area contributed by atoms with Crippen LogP contribution in [0, 0.1) is 6.92 Å². The quantitative estimate of drug-likeness (QED) is 0.608. The molecule has 28 heavy (non-hydrogen) atoms. The van der Waals surface area contributed by atoms with Crippen molar-refractivity contribution in [2.75, 3.05) is 0 Å². The van der Waals surface area contributed by atoms with Crippen molar-refractivity contribution in [1.29, 1.82) is 0 Å². The van der Waals surface area contributed by atoms with Crippen molar-refractivity contribution in [3.05, 3.63) is 87.7 Å². The molecule has 0 aliphatic carbocycles. The SMILES string of the molecule is Cc1ccc(O)c(C2=NN3C(C2)c2cc(Br)ccc2OC3c2ccncc2)c1. The highest BCUT2D eigenvalue weighted by Gasteiger charge is 2.41. The van der Waals surface area contributed by atoms with Crippen molar-refractivity contribution in [3.63, 3.8) is 0 Å². The lowest BCUT2D eigenvalue weighted by molar-refractivity contribution is -0.0191. The van der Waals surface area contributed by atoms with Crippen molar-refractivity contribution < 1.29 is 9.84 Å². The molecule has 5 nitrogen and oxygen atoms in total. The van der Waals surface area contributed by atoms with Gasteiger partial charge in [-0.3, -0.25) is 4.98 Å².